The van der Waals surface area contributed by atoms with Crippen LogP contribution in [0.25, 0.3) is 11.0 Å². The van der Waals surface area contributed by atoms with Crippen molar-refractivity contribution >= 4 is 28.7 Å². The van der Waals surface area contributed by atoms with Gasteiger partial charge in [-0.1, -0.05) is 42.5 Å². The summed E-state index contributed by atoms with van der Waals surface area (Å²) in [4.78, 5) is 24.7. The van der Waals surface area contributed by atoms with Gasteiger partial charge in [-0.25, -0.2) is 9.97 Å². The van der Waals surface area contributed by atoms with Crippen LogP contribution in [0.2, 0.25) is 0 Å². The van der Waals surface area contributed by atoms with Gasteiger partial charge in [0.25, 0.3) is 5.91 Å². The second-order valence-electron chi connectivity index (χ2n) is 7.81. The maximum Gasteiger partial charge on any atom is 0.261 e. The fraction of sp³-hybridized carbons (Fsp3) is 0.240. The molecule has 32 heavy (non-hydrogen) atoms. The van der Waals surface area contributed by atoms with E-state index in [1.54, 1.807) is 18.3 Å². The van der Waals surface area contributed by atoms with Gasteiger partial charge in [-0.15, -0.1) is 0 Å². The lowest BCUT2D eigenvalue weighted by molar-refractivity contribution is 0.102. The van der Waals surface area contributed by atoms with Crippen LogP contribution in [-0.2, 0) is 4.74 Å². The number of rotatable bonds is 5. The number of carbonyl (C=O) groups excluding carboxylic acids is 1. The highest BCUT2D eigenvalue weighted by molar-refractivity contribution is 6.07. The summed E-state index contributed by atoms with van der Waals surface area (Å²) in [5.74, 6) is 0.966. The lowest BCUT2D eigenvalue weighted by Gasteiger charge is -2.29. The van der Waals surface area contributed by atoms with Crippen LogP contribution >= 0.6 is 0 Å². The molecule has 2 aromatic heterocycles. The topological polar surface area (TPSA) is 72.3 Å². The molecule has 1 N–H and O–H groups in total. The normalized spacial score (nSPS) is 15.0. The maximum absolute atomic E-state index is 13.4. The van der Waals surface area contributed by atoms with Gasteiger partial charge >= 0.3 is 0 Å². The Hall–Kier alpha value is -3.71. The van der Waals surface area contributed by atoms with Gasteiger partial charge in [-0.3, -0.25) is 10.1 Å². The molecule has 1 saturated heterocycles. The Morgan fingerprint density at radius 1 is 1.00 bits per heavy atom. The van der Waals surface area contributed by atoms with E-state index >= 15 is 0 Å². The van der Waals surface area contributed by atoms with Crippen LogP contribution in [0.1, 0.15) is 28.9 Å². The van der Waals surface area contributed by atoms with Crippen molar-refractivity contribution in [3.8, 4) is 0 Å². The van der Waals surface area contributed by atoms with E-state index in [4.69, 9.17) is 9.72 Å². The minimum atomic E-state index is -0.226. The van der Waals surface area contributed by atoms with Gasteiger partial charge in [0.05, 0.1) is 35.9 Å². The molecular formula is C25H25N5O2. The van der Waals surface area contributed by atoms with E-state index in [1.807, 2.05) is 42.5 Å². The van der Waals surface area contributed by atoms with Crippen LogP contribution < -0.4 is 10.2 Å². The zero-order valence-corrected chi connectivity index (χ0v) is 17.9. The number of morpholine rings is 1. The Morgan fingerprint density at radius 2 is 1.75 bits per heavy atom. The minimum absolute atomic E-state index is 0.00786. The molecule has 0 spiro atoms. The number of fused-ring (bicyclic) bond motifs is 1. The molecule has 2 aromatic carbocycles. The first-order valence-electron chi connectivity index (χ1n) is 10.8. The van der Waals surface area contributed by atoms with Gasteiger partial charge in [-0.05, 0) is 36.8 Å². The van der Waals surface area contributed by atoms with Crippen LogP contribution in [-0.4, -0.2) is 46.7 Å². The Labute approximate surface area is 186 Å². The smallest absolute Gasteiger partial charge is 0.261 e. The van der Waals surface area contributed by atoms with Crippen LogP contribution in [0.4, 0.5) is 11.8 Å². The third-order valence-corrected chi connectivity index (χ3v) is 5.83. The average molecular weight is 428 g/mol. The van der Waals surface area contributed by atoms with E-state index in [0.29, 0.717) is 43.6 Å². The van der Waals surface area contributed by atoms with E-state index < -0.39 is 0 Å². The number of amides is 1. The molecule has 0 radical (unpaired) electrons. The standard InChI is InChI=1S/C25H25N5O2/c1-18(19-8-3-2-4-9-19)30-22-12-6-5-11-21(22)27-25(30)28-24(31)20-10-7-13-26-23(20)29-14-16-32-17-15-29/h2-13,18H,14-17H2,1H3,(H,27,28,31). The highest BCUT2D eigenvalue weighted by Crippen LogP contribution is 2.29. The van der Waals surface area contributed by atoms with E-state index in [-0.39, 0.29) is 11.9 Å². The van der Waals surface area contributed by atoms with Crippen molar-refractivity contribution in [2.24, 2.45) is 0 Å². The number of ether oxygens (including phenoxy) is 1. The second kappa shape index (κ2) is 8.80. The number of hydrogen-bond donors (Lipinski definition) is 1. The van der Waals surface area contributed by atoms with Crippen LogP contribution in [0.15, 0.2) is 72.9 Å². The lowest BCUT2D eigenvalue weighted by Crippen LogP contribution is -2.38. The molecule has 4 aromatic rings. The SMILES string of the molecule is CC(c1ccccc1)n1c(NC(=O)c2cccnc2N2CCOCC2)nc2ccccc21. The molecule has 162 valence electrons. The van der Waals surface area contributed by atoms with Gasteiger partial charge in [0.1, 0.15) is 5.82 Å². The number of para-hydroxylation sites is 2. The number of nitrogens with zero attached hydrogens (tertiary/aromatic N) is 4. The molecule has 0 aliphatic carbocycles. The third-order valence-electron chi connectivity index (χ3n) is 5.83. The zero-order valence-electron chi connectivity index (χ0n) is 17.9. The largest absolute Gasteiger partial charge is 0.378 e. The van der Waals surface area contributed by atoms with Crippen molar-refractivity contribution in [2.45, 2.75) is 13.0 Å². The molecule has 7 heteroatoms. The number of benzene rings is 2. The van der Waals surface area contributed by atoms with Crippen molar-refractivity contribution in [3.05, 3.63) is 84.1 Å². The quantitative estimate of drug-likeness (QED) is 0.519. The monoisotopic (exact) mass is 427 g/mol. The highest BCUT2D eigenvalue weighted by atomic mass is 16.5. The predicted octanol–water partition coefficient (Wildman–Crippen LogP) is 4.13. The summed E-state index contributed by atoms with van der Waals surface area (Å²) in [5.41, 5.74) is 3.48. The van der Waals surface area contributed by atoms with Gasteiger partial charge in [0.2, 0.25) is 5.95 Å². The first-order valence-corrected chi connectivity index (χ1v) is 10.8. The summed E-state index contributed by atoms with van der Waals surface area (Å²) < 4.78 is 7.53. The molecule has 0 bridgehead atoms. The number of imidazole rings is 1. The molecule has 5 rings (SSSR count). The molecule has 1 aliphatic heterocycles. The van der Waals surface area contributed by atoms with Gasteiger partial charge in [0, 0.05) is 19.3 Å². The number of nitrogens with one attached hydrogen (secondary N) is 1. The number of aromatic nitrogens is 3. The molecule has 1 amide bonds. The van der Waals surface area contributed by atoms with Crippen LogP contribution in [0.3, 0.4) is 0 Å². The van der Waals surface area contributed by atoms with Crippen LogP contribution in [0, 0.1) is 0 Å². The first kappa shape index (κ1) is 20.2. The number of anilines is 2. The molecule has 0 saturated carbocycles. The summed E-state index contributed by atoms with van der Waals surface area (Å²) >= 11 is 0. The number of hydrogen-bond acceptors (Lipinski definition) is 5. The number of carbonyl (C=O) groups is 1. The molecule has 1 unspecified atom stereocenters. The van der Waals surface area contributed by atoms with E-state index in [0.717, 1.165) is 16.6 Å². The Balaban J connectivity index is 1.52. The minimum Gasteiger partial charge on any atom is -0.378 e. The Kier molecular flexibility index (Phi) is 5.56. The van der Waals surface area contributed by atoms with E-state index in [2.05, 4.69) is 38.8 Å². The van der Waals surface area contributed by atoms with Gasteiger partial charge in [-0.2, -0.15) is 0 Å². The van der Waals surface area contributed by atoms with Crippen molar-refractivity contribution in [1.82, 2.24) is 14.5 Å². The van der Waals surface area contributed by atoms with Gasteiger partial charge < -0.3 is 14.2 Å². The van der Waals surface area contributed by atoms with Crippen molar-refractivity contribution < 1.29 is 9.53 Å². The predicted molar refractivity (Wildman–Crippen MR) is 125 cm³/mol. The molecule has 7 nitrogen and oxygen atoms in total. The Morgan fingerprint density at radius 3 is 2.56 bits per heavy atom. The zero-order chi connectivity index (χ0) is 21.9. The third kappa shape index (κ3) is 3.83. The summed E-state index contributed by atoms with van der Waals surface area (Å²) in [5, 5.41) is 3.06. The molecule has 1 fully saturated rings. The van der Waals surface area contributed by atoms with Gasteiger partial charge in [0.15, 0.2) is 0 Å². The first-order chi connectivity index (χ1) is 15.7. The molecule has 3 heterocycles. The average Bonchev–Trinajstić information content (AvgIpc) is 3.22. The van der Waals surface area contributed by atoms with Crippen molar-refractivity contribution in [2.75, 3.05) is 36.5 Å². The maximum atomic E-state index is 13.4. The molecular weight excluding hydrogens is 402 g/mol. The molecule has 1 aliphatic rings. The summed E-state index contributed by atoms with van der Waals surface area (Å²) in [6.45, 7) is 4.79. The van der Waals surface area contributed by atoms with E-state index in [9.17, 15) is 4.79 Å². The van der Waals surface area contributed by atoms with Crippen LogP contribution in [0.5, 0.6) is 0 Å². The lowest BCUT2D eigenvalue weighted by atomic mass is 10.1. The van der Waals surface area contributed by atoms with Crippen molar-refractivity contribution in [3.63, 3.8) is 0 Å². The highest BCUT2D eigenvalue weighted by Gasteiger charge is 2.23. The fourth-order valence-electron chi connectivity index (χ4n) is 4.18. The number of pyridine rings is 1. The fourth-order valence-corrected chi connectivity index (χ4v) is 4.18. The molecule has 1 atom stereocenters. The summed E-state index contributed by atoms with van der Waals surface area (Å²) in [7, 11) is 0. The second-order valence-corrected chi connectivity index (χ2v) is 7.81. The Bertz CT molecular complexity index is 1230. The van der Waals surface area contributed by atoms with Crippen molar-refractivity contribution in [1.29, 1.82) is 0 Å². The summed E-state index contributed by atoms with van der Waals surface area (Å²) in [6, 6.07) is 21.7. The van der Waals surface area contributed by atoms with E-state index in [1.165, 1.54) is 0 Å². The summed E-state index contributed by atoms with van der Waals surface area (Å²) in [6.07, 6.45) is 1.72.